The number of furan rings is 2. The Hall–Kier alpha value is -5.78. The van der Waals surface area contributed by atoms with Crippen molar-refractivity contribution in [2.75, 3.05) is 0 Å². The maximum Gasteiger partial charge on any atom is 1.00 e. The van der Waals surface area contributed by atoms with Gasteiger partial charge in [0.25, 0.3) is 0 Å². The minimum absolute atomic E-state index is 0. The molecule has 0 aliphatic rings. The van der Waals surface area contributed by atoms with Gasteiger partial charge in [-0.25, -0.2) is 0 Å². The van der Waals surface area contributed by atoms with Crippen LogP contribution >= 0.6 is 0 Å². The Balaban J connectivity index is 0.000000119. The van der Waals surface area contributed by atoms with E-state index < -0.39 is 0 Å². The number of rotatable bonds is 4. The van der Waals surface area contributed by atoms with Gasteiger partial charge in [-0.2, -0.15) is 60.7 Å². The number of hydrogen-bond donors (Lipinski definition) is 0. The zero-order chi connectivity index (χ0) is 37.5. The average Bonchev–Trinajstić information content (AvgIpc) is 3.87. The van der Waals surface area contributed by atoms with Crippen LogP contribution in [0.3, 0.4) is 0 Å². The second-order valence-corrected chi connectivity index (χ2v) is 13.4. The van der Waals surface area contributed by atoms with Crippen molar-refractivity contribution in [3.05, 3.63) is 231 Å². The fraction of sp³-hybridized carbons (Fsp3) is 0. The van der Waals surface area contributed by atoms with Gasteiger partial charge in [0.05, 0.1) is 0 Å². The molecule has 3 heteroatoms. The molecule has 11 aromatic rings. The Morgan fingerprint density at radius 1 is 0.316 bits per heavy atom. The molecule has 0 N–H and O–H groups in total. The molecule has 2 heterocycles. The van der Waals surface area contributed by atoms with Crippen molar-refractivity contribution >= 4 is 43.9 Å². The summed E-state index contributed by atoms with van der Waals surface area (Å²) >= 11 is 0. The molecule has 0 aliphatic carbocycles. The van der Waals surface area contributed by atoms with Crippen LogP contribution in [0.1, 0.15) is 0 Å². The van der Waals surface area contributed by atoms with E-state index in [9.17, 15) is 0 Å². The molecular weight excluding hydrogens is 720 g/mol. The first-order valence-corrected chi connectivity index (χ1v) is 18.7. The van der Waals surface area contributed by atoms with Crippen molar-refractivity contribution < 1.29 is 60.2 Å². The van der Waals surface area contributed by atoms with Crippen molar-refractivity contribution in [2.45, 2.75) is 0 Å². The average molecular weight is 755 g/mol. The zero-order valence-corrected chi connectivity index (χ0v) is 34.6. The van der Waals surface area contributed by atoms with E-state index in [0.717, 1.165) is 50.1 Å². The summed E-state index contributed by atoms with van der Waals surface area (Å²) in [6.07, 6.45) is 0. The van der Waals surface area contributed by atoms with Gasteiger partial charge in [-0.3, -0.25) is 0 Å². The first-order chi connectivity index (χ1) is 27.8. The van der Waals surface area contributed by atoms with Gasteiger partial charge in [-0.15, -0.1) is 41.0 Å². The quantitative estimate of drug-likeness (QED) is 0.132. The molecule has 0 radical (unpaired) electrons. The van der Waals surface area contributed by atoms with E-state index in [0.29, 0.717) is 0 Å². The summed E-state index contributed by atoms with van der Waals surface area (Å²) in [5.74, 6) is 0. The van der Waals surface area contributed by atoms with E-state index in [1.54, 1.807) is 0 Å². The van der Waals surface area contributed by atoms with Crippen LogP contribution in [0.4, 0.5) is 0 Å². The van der Waals surface area contributed by atoms with Crippen molar-refractivity contribution in [2.24, 2.45) is 0 Å². The molecule has 0 atom stereocenters. The molecule has 11 rings (SSSR count). The van der Waals surface area contributed by atoms with E-state index in [1.165, 1.54) is 38.2 Å². The molecule has 0 amide bonds. The summed E-state index contributed by atoms with van der Waals surface area (Å²) in [5, 5.41) is 4.67. The van der Waals surface area contributed by atoms with Crippen LogP contribution in [-0.2, 0) is 0 Å². The summed E-state index contributed by atoms with van der Waals surface area (Å²) in [4.78, 5) is 0. The van der Waals surface area contributed by atoms with Crippen LogP contribution in [-0.4, -0.2) is 0 Å². The van der Waals surface area contributed by atoms with Crippen LogP contribution < -0.4 is 51.4 Å². The number of hydrogen-bond acceptors (Lipinski definition) is 2. The van der Waals surface area contributed by atoms with Crippen LogP contribution in [0.25, 0.3) is 88.4 Å². The van der Waals surface area contributed by atoms with Gasteiger partial charge in [0, 0.05) is 32.7 Å². The second kappa shape index (κ2) is 18.0. The summed E-state index contributed by atoms with van der Waals surface area (Å²) in [6.45, 7) is 0. The van der Waals surface area contributed by atoms with Crippen molar-refractivity contribution in [3.8, 4) is 44.5 Å². The molecule has 0 bridgehead atoms. The van der Waals surface area contributed by atoms with Gasteiger partial charge in [0.15, 0.2) is 0 Å². The van der Waals surface area contributed by atoms with Crippen molar-refractivity contribution in [3.63, 3.8) is 0 Å². The van der Waals surface area contributed by atoms with Crippen molar-refractivity contribution in [1.29, 1.82) is 0 Å². The van der Waals surface area contributed by atoms with E-state index in [1.807, 2.05) is 84.9 Å². The Labute approximate surface area is 375 Å². The molecule has 0 saturated carbocycles. The summed E-state index contributed by atoms with van der Waals surface area (Å²) in [5.41, 5.74) is 13.1. The van der Waals surface area contributed by atoms with E-state index in [-0.39, 0.29) is 51.4 Å². The number of para-hydroxylation sites is 4. The molecule has 9 aromatic carbocycles. The van der Waals surface area contributed by atoms with E-state index in [4.69, 9.17) is 8.83 Å². The first-order valence-electron chi connectivity index (χ1n) is 18.7. The summed E-state index contributed by atoms with van der Waals surface area (Å²) < 4.78 is 12.1. The maximum absolute atomic E-state index is 6.03. The molecule has 0 fully saturated rings. The maximum atomic E-state index is 6.03. The van der Waals surface area contributed by atoms with Crippen molar-refractivity contribution in [1.82, 2.24) is 0 Å². The first kappa shape index (κ1) is 38.1. The van der Waals surface area contributed by atoms with Crippen LogP contribution in [0.2, 0.25) is 0 Å². The standard InChI is InChI=1S/2C18H11O.C18H13.K/c2*1-2-7-13(8-3-1)14-10-6-11-16-15-9-4-5-12-17(15)19-18(14)16;1-3-7-15(8-4-1)17-11-13-18(14-12-17)16-9-5-2-6-10-16;/h2*2-12H;1-13H;/q3*-1;+1. The van der Waals surface area contributed by atoms with Gasteiger partial charge >= 0.3 is 51.4 Å². The van der Waals surface area contributed by atoms with Crippen LogP contribution in [0.15, 0.2) is 221 Å². The Morgan fingerprint density at radius 2 is 0.754 bits per heavy atom. The largest absolute Gasteiger partial charge is 1.00 e. The molecule has 266 valence electrons. The second-order valence-electron chi connectivity index (χ2n) is 13.4. The topological polar surface area (TPSA) is 26.3 Å². The van der Waals surface area contributed by atoms with E-state index >= 15 is 0 Å². The zero-order valence-electron chi connectivity index (χ0n) is 31.5. The van der Waals surface area contributed by atoms with Gasteiger partial charge in [0.1, 0.15) is 22.3 Å². The fourth-order valence-electron chi connectivity index (χ4n) is 7.11. The molecule has 0 unspecified atom stereocenters. The number of benzene rings is 9. The monoisotopic (exact) mass is 754 g/mol. The SMILES string of the molecule is [K+].[c-]1cc(-c2ccccc2)ccc1-c1ccccc1.[c-]1ccc(-c2cccc3c2oc2ccccc23)cc1.[c-]1ccc(-c2cccc3c2oc2ccccc23)cc1. The van der Waals surface area contributed by atoms with Gasteiger partial charge in [0.2, 0.25) is 0 Å². The molecular formula is C54H35KO2-2. The van der Waals surface area contributed by atoms with Crippen LogP contribution in [0.5, 0.6) is 0 Å². The molecule has 2 nitrogen and oxygen atoms in total. The Morgan fingerprint density at radius 3 is 1.23 bits per heavy atom. The normalized spacial score (nSPS) is 10.7. The molecule has 0 saturated heterocycles. The Bertz CT molecular complexity index is 2780. The third kappa shape index (κ3) is 8.35. The predicted octanol–water partition coefficient (Wildman–Crippen LogP) is 11.9. The smallest absolute Gasteiger partial charge is 0.455 e. The van der Waals surface area contributed by atoms with Gasteiger partial charge in [-0.05, 0) is 12.1 Å². The predicted molar refractivity (Wildman–Crippen MR) is 232 cm³/mol. The summed E-state index contributed by atoms with van der Waals surface area (Å²) in [6, 6.07) is 81.3. The molecule has 2 aromatic heterocycles. The molecule has 57 heavy (non-hydrogen) atoms. The third-order valence-electron chi connectivity index (χ3n) is 9.87. The van der Waals surface area contributed by atoms with E-state index in [2.05, 4.69) is 146 Å². The van der Waals surface area contributed by atoms with Crippen LogP contribution in [0, 0.1) is 18.2 Å². The van der Waals surface area contributed by atoms with Gasteiger partial charge in [-0.1, -0.05) is 150 Å². The Kier molecular flexibility index (Phi) is 12.0. The minimum Gasteiger partial charge on any atom is -0.455 e. The molecule has 0 spiro atoms. The third-order valence-corrected chi connectivity index (χ3v) is 9.87. The molecule has 0 aliphatic heterocycles. The number of fused-ring (bicyclic) bond motifs is 6. The summed E-state index contributed by atoms with van der Waals surface area (Å²) in [7, 11) is 0. The van der Waals surface area contributed by atoms with Gasteiger partial charge < -0.3 is 8.83 Å². The fourth-order valence-corrected chi connectivity index (χ4v) is 7.11. The minimum atomic E-state index is 0.